The number of hydrogen-bond donors (Lipinski definition) is 2. The maximum atomic E-state index is 12.9. The summed E-state index contributed by atoms with van der Waals surface area (Å²) in [7, 11) is -1.66. The summed E-state index contributed by atoms with van der Waals surface area (Å²) in [6, 6.07) is -0.205. The fourth-order valence-electron chi connectivity index (χ4n) is 2.07. The van der Waals surface area contributed by atoms with E-state index in [1.165, 1.54) is 13.2 Å². The van der Waals surface area contributed by atoms with Gasteiger partial charge in [0, 0.05) is 37.7 Å². The quantitative estimate of drug-likeness (QED) is 0.548. The third-order valence-corrected chi connectivity index (χ3v) is 4.21. The summed E-state index contributed by atoms with van der Waals surface area (Å²) in [5.74, 6) is 0.335. The SMILES string of the molecule is CCNC(=NCc1cn(C)nc1C(F)(F)F)NC(C)CCS(C)(=O)=O. The summed E-state index contributed by atoms with van der Waals surface area (Å²) in [5, 5.41) is 9.36. The van der Waals surface area contributed by atoms with E-state index < -0.39 is 21.7 Å². The Morgan fingerprint density at radius 2 is 2.08 bits per heavy atom. The van der Waals surface area contributed by atoms with Crippen molar-refractivity contribution in [1.29, 1.82) is 0 Å². The van der Waals surface area contributed by atoms with Gasteiger partial charge in [0.15, 0.2) is 11.7 Å². The van der Waals surface area contributed by atoms with Crippen molar-refractivity contribution < 1.29 is 21.6 Å². The monoisotopic (exact) mass is 383 g/mol. The highest BCUT2D eigenvalue weighted by molar-refractivity contribution is 7.90. The summed E-state index contributed by atoms with van der Waals surface area (Å²) in [5.41, 5.74) is -0.990. The van der Waals surface area contributed by atoms with Crippen molar-refractivity contribution in [3.8, 4) is 0 Å². The van der Waals surface area contributed by atoms with Gasteiger partial charge < -0.3 is 10.6 Å². The highest BCUT2D eigenvalue weighted by Crippen LogP contribution is 2.30. The maximum absolute atomic E-state index is 12.9. The van der Waals surface area contributed by atoms with E-state index in [4.69, 9.17) is 0 Å². The zero-order valence-electron chi connectivity index (χ0n) is 14.7. The van der Waals surface area contributed by atoms with Gasteiger partial charge in [-0.25, -0.2) is 13.4 Å². The Hall–Kier alpha value is -1.78. The molecule has 0 saturated carbocycles. The molecule has 0 amide bonds. The van der Waals surface area contributed by atoms with Crippen molar-refractivity contribution in [1.82, 2.24) is 20.4 Å². The molecular formula is C14H24F3N5O2S. The molecule has 7 nitrogen and oxygen atoms in total. The highest BCUT2D eigenvalue weighted by Gasteiger charge is 2.36. The standard InChI is InChI=1S/C14H24F3N5O2S/c1-5-18-13(20-10(2)6-7-25(4,23)24)19-8-11-9-22(3)21-12(11)14(15,16)17/h9-10H,5-8H2,1-4H3,(H2,18,19,20). The second-order valence-electron chi connectivity index (χ2n) is 5.83. The first-order valence-corrected chi connectivity index (χ1v) is 9.80. The first-order valence-electron chi connectivity index (χ1n) is 7.74. The molecule has 1 atom stereocenters. The Bertz CT molecular complexity index is 698. The summed E-state index contributed by atoms with van der Waals surface area (Å²) in [4.78, 5) is 4.15. The average Bonchev–Trinajstić information content (AvgIpc) is 2.83. The lowest BCUT2D eigenvalue weighted by atomic mass is 10.2. The minimum absolute atomic E-state index is 0.0153. The van der Waals surface area contributed by atoms with Crippen LogP contribution in [0.25, 0.3) is 0 Å². The van der Waals surface area contributed by atoms with Gasteiger partial charge in [0.25, 0.3) is 0 Å². The first-order chi connectivity index (χ1) is 11.4. The number of nitrogens with zero attached hydrogens (tertiary/aromatic N) is 3. The molecule has 0 radical (unpaired) electrons. The van der Waals surface area contributed by atoms with Crippen molar-refractivity contribution in [2.45, 2.75) is 39.0 Å². The zero-order chi connectivity index (χ0) is 19.3. The molecule has 0 aromatic carbocycles. The summed E-state index contributed by atoms with van der Waals surface area (Å²) in [6.45, 7) is 3.92. The Balaban J connectivity index is 2.83. The average molecular weight is 383 g/mol. The van der Waals surface area contributed by atoms with Crippen LogP contribution in [0.2, 0.25) is 0 Å². The molecule has 0 aliphatic rings. The highest BCUT2D eigenvalue weighted by atomic mass is 32.2. The number of nitrogens with one attached hydrogen (secondary N) is 2. The van der Waals surface area contributed by atoms with Crippen LogP contribution in [0.5, 0.6) is 0 Å². The number of hydrogen-bond acceptors (Lipinski definition) is 4. The van der Waals surface area contributed by atoms with Gasteiger partial charge in [-0.15, -0.1) is 0 Å². The van der Waals surface area contributed by atoms with E-state index in [0.29, 0.717) is 18.9 Å². The van der Waals surface area contributed by atoms with Crippen LogP contribution in [0.3, 0.4) is 0 Å². The number of sulfone groups is 1. The number of aromatic nitrogens is 2. The van der Waals surface area contributed by atoms with E-state index >= 15 is 0 Å². The van der Waals surface area contributed by atoms with Crippen molar-refractivity contribution in [2.24, 2.45) is 12.0 Å². The zero-order valence-corrected chi connectivity index (χ0v) is 15.5. The minimum atomic E-state index is -4.54. The lowest BCUT2D eigenvalue weighted by Crippen LogP contribution is -2.42. The molecule has 0 aliphatic carbocycles. The second kappa shape index (κ2) is 8.54. The molecule has 25 heavy (non-hydrogen) atoms. The number of aliphatic imine (C=N–C) groups is 1. The van der Waals surface area contributed by atoms with Crippen LogP contribution in [0, 0.1) is 0 Å². The van der Waals surface area contributed by atoms with E-state index in [2.05, 4.69) is 20.7 Å². The Morgan fingerprint density at radius 1 is 1.44 bits per heavy atom. The van der Waals surface area contributed by atoms with Crippen LogP contribution >= 0.6 is 0 Å². The van der Waals surface area contributed by atoms with Crippen LogP contribution < -0.4 is 10.6 Å². The molecule has 1 aromatic rings. The molecule has 1 unspecified atom stereocenters. The van der Waals surface area contributed by atoms with Crippen molar-refractivity contribution in [3.05, 3.63) is 17.5 Å². The molecule has 0 spiro atoms. The molecule has 0 aliphatic heterocycles. The fourth-order valence-corrected chi connectivity index (χ4v) is 2.85. The maximum Gasteiger partial charge on any atom is 0.435 e. The van der Waals surface area contributed by atoms with Crippen molar-refractivity contribution in [3.63, 3.8) is 0 Å². The lowest BCUT2D eigenvalue weighted by Gasteiger charge is -2.17. The van der Waals surface area contributed by atoms with Crippen molar-refractivity contribution in [2.75, 3.05) is 18.6 Å². The largest absolute Gasteiger partial charge is 0.435 e. The molecule has 1 heterocycles. The predicted octanol–water partition coefficient (Wildman–Crippen LogP) is 1.32. The van der Waals surface area contributed by atoms with Crippen LogP contribution in [0.1, 0.15) is 31.5 Å². The third-order valence-electron chi connectivity index (χ3n) is 3.23. The number of aryl methyl sites for hydroxylation is 1. The normalized spacial score (nSPS) is 14.4. The summed E-state index contributed by atoms with van der Waals surface area (Å²) < 4.78 is 62.3. The van der Waals surface area contributed by atoms with Crippen LogP contribution in [0.4, 0.5) is 13.2 Å². The second-order valence-corrected chi connectivity index (χ2v) is 8.09. The van der Waals surface area contributed by atoms with Gasteiger partial charge in [-0.3, -0.25) is 4.68 Å². The van der Waals surface area contributed by atoms with E-state index in [0.717, 1.165) is 10.9 Å². The van der Waals surface area contributed by atoms with Crippen LogP contribution in [-0.4, -0.2) is 48.8 Å². The minimum Gasteiger partial charge on any atom is -0.357 e. The Kier molecular flexibility index (Phi) is 7.27. The van der Waals surface area contributed by atoms with Crippen molar-refractivity contribution >= 4 is 15.8 Å². The van der Waals surface area contributed by atoms with Gasteiger partial charge >= 0.3 is 6.18 Å². The molecule has 2 N–H and O–H groups in total. The summed E-state index contributed by atoms with van der Waals surface area (Å²) in [6.07, 6.45) is -1.74. The molecule has 0 saturated heterocycles. The fraction of sp³-hybridized carbons (Fsp3) is 0.714. The molecular weight excluding hydrogens is 359 g/mol. The van der Waals surface area contributed by atoms with E-state index in [-0.39, 0.29) is 23.9 Å². The van der Waals surface area contributed by atoms with Gasteiger partial charge in [0.1, 0.15) is 9.84 Å². The lowest BCUT2D eigenvalue weighted by molar-refractivity contribution is -0.142. The molecule has 1 aromatic heterocycles. The van der Waals surface area contributed by atoms with Gasteiger partial charge in [-0.1, -0.05) is 0 Å². The number of halogens is 3. The molecule has 0 bridgehead atoms. The molecule has 11 heteroatoms. The number of guanidine groups is 1. The molecule has 1 rings (SSSR count). The van der Waals surface area contributed by atoms with Gasteiger partial charge in [0.2, 0.25) is 0 Å². The molecule has 144 valence electrons. The van der Waals surface area contributed by atoms with Crippen LogP contribution in [0.15, 0.2) is 11.2 Å². The van der Waals surface area contributed by atoms with Gasteiger partial charge in [0.05, 0.1) is 12.3 Å². The van der Waals surface area contributed by atoms with E-state index in [9.17, 15) is 21.6 Å². The summed E-state index contributed by atoms with van der Waals surface area (Å²) >= 11 is 0. The smallest absolute Gasteiger partial charge is 0.357 e. The topological polar surface area (TPSA) is 88.4 Å². The van der Waals surface area contributed by atoms with E-state index in [1.54, 1.807) is 6.92 Å². The van der Waals surface area contributed by atoms with Gasteiger partial charge in [-0.2, -0.15) is 18.3 Å². The molecule has 0 fully saturated rings. The van der Waals surface area contributed by atoms with Crippen LogP contribution in [-0.2, 0) is 29.6 Å². The van der Waals surface area contributed by atoms with E-state index in [1.807, 2.05) is 6.92 Å². The first kappa shape index (κ1) is 21.3. The number of alkyl halides is 3. The predicted molar refractivity (Wildman–Crippen MR) is 90.0 cm³/mol. The van der Waals surface area contributed by atoms with Gasteiger partial charge in [-0.05, 0) is 20.3 Å². The Labute approximate surface area is 145 Å². The Morgan fingerprint density at radius 3 is 2.60 bits per heavy atom. The third kappa shape index (κ3) is 7.76. The number of rotatable bonds is 7.